The molecule has 0 aliphatic heterocycles. The zero-order valence-electron chi connectivity index (χ0n) is 9.24. The molecule has 0 spiro atoms. The number of aryl methyl sites for hydroxylation is 1. The molecule has 0 unspecified atom stereocenters. The highest BCUT2D eigenvalue weighted by Gasteiger charge is 2.09. The Morgan fingerprint density at radius 3 is 2.76 bits per heavy atom. The fraction of sp³-hybridized carbons (Fsp3) is 0.167. The molecule has 0 bridgehead atoms. The molecule has 0 saturated carbocycles. The highest BCUT2D eigenvalue weighted by molar-refractivity contribution is 9.10. The van der Waals surface area contributed by atoms with E-state index in [4.69, 9.17) is 5.73 Å². The maximum atomic E-state index is 13.7. The van der Waals surface area contributed by atoms with Gasteiger partial charge in [0.05, 0.1) is 11.4 Å². The third kappa shape index (κ3) is 2.68. The predicted octanol–water partition coefficient (Wildman–Crippen LogP) is 2.81. The molecule has 0 saturated heterocycles. The molecule has 2 N–H and O–H groups in total. The Kier molecular flexibility index (Phi) is 3.49. The molecule has 3 nitrogen and oxygen atoms in total. The lowest BCUT2D eigenvalue weighted by molar-refractivity contribution is 0.630. The minimum Gasteiger partial charge on any atom is -0.325 e. The van der Waals surface area contributed by atoms with Gasteiger partial charge in [0, 0.05) is 16.6 Å². The van der Waals surface area contributed by atoms with Gasteiger partial charge in [-0.2, -0.15) is 0 Å². The van der Waals surface area contributed by atoms with Crippen LogP contribution in [0.2, 0.25) is 0 Å². The van der Waals surface area contributed by atoms with E-state index in [0.29, 0.717) is 29.3 Å². The SMILES string of the molecule is Cc1nc(CN)cc(-c2cc(Br)ccc2F)n1. The monoisotopic (exact) mass is 295 g/mol. The Hall–Kier alpha value is -1.33. The summed E-state index contributed by atoms with van der Waals surface area (Å²) < 4.78 is 14.5. The van der Waals surface area contributed by atoms with Crippen molar-refractivity contribution in [3.8, 4) is 11.3 Å². The van der Waals surface area contributed by atoms with Crippen molar-refractivity contribution in [3.63, 3.8) is 0 Å². The summed E-state index contributed by atoms with van der Waals surface area (Å²) in [6.45, 7) is 2.07. The molecule has 1 aromatic heterocycles. The molecule has 0 atom stereocenters. The summed E-state index contributed by atoms with van der Waals surface area (Å²) >= 11 is 3.31. The first-order valence-corrected chi connectivity index (χ1v) is 5.89. The highest BCUT2D eigenvalue weighted by atomic mass is 79.9. The van der Waals surface area contributed by atoms with Crippen LogP contribution in [0.25, 0.3) is 11.3 Å². The summed E-state index contributed by atoms with van der Waals surface area (Å²) in [5.41, 5.74) is 7.24. The van der Waals surface area contributed by atoms with Gasteiger partial charge in [0.25, 0.3) is 0 Å². The third-order valence-electron chi connectivity index (χ3n) is 2.30. The van der Waals surface area contributed by atoms with E-state index in [1.54, 1.807) is 25.1 Å². The van der Waals surface area contributed by atoms with Gasteiger partial charge in [-0.05, 0) is 31.2 Å². The van der Waals surface area contributed by atoms with E-state index in [9.17, 15) is 4.39 Å². The van der Waals surface area contributed by atoms with Crippen LogP contribution in [0.5, 0.6) is 0 Å². The standard InChI is InChI=1S/C12H11BrFN3/c1-7-16-9(6-15)5-12(17-7)10-4-8(13)2-3-11(10)14/h2-5H,6,15H2,1H3. The van der Waals surface area contributed by atoms with Crippen molar-refractivity contribution in [2.75, 3.05) is 0 Å². The van der Waals surface area contributed by atoms with Gasteiger partial charge in [-0.1, -0.05) is 15.9 Å². The Labute approximate surface area is 107 Å². The van der Waals surface area contributed by atoms with Gasteiger partial charge < -0.3 is 5.73 Å². The van der Waals surface area contributed by atoms with Crippen molar-refractivity contribution in [3.05, 3.63) is 46.1 Å². The van der Waals surface area contributed by atoms with E-state index < -0.39 is 0 Å². The van der Waals surface area contributed by atoms with Gasteiger partial charge in [-0.15, -0.1) is 0 Å². The van der Waals surface area contributed by atoms with Crippen molar-refractivity contribution in [1.29, 1.82) is 0 Å². The van der Waals surface area contributed by atoms with Gasteiger partial charge >= 0.3 is 0 Å². The van der Waals surface area contributed by atoms with Crippen LogP contribution in [0.1, 0.15) is 11.5 Å². The molecule has 88 valence electrons. The van der Waals surface area contributed by atoms with E-state index in [-0.39, 0.29) is 5.82 Å². The minimum atomic E-state index is -0.311. The van der Waals surface area contributed by atoms with Crippen LogP contribution in [0.3, 0.4) is 0 Å². The van der Waals surface area contributed by atoms with E-state index >= 15 is 0 Å². The number of nitrogens with two attached hydrogens (primary N) is 1. The second kappa shape index (κ2) is 4.89. The maximum absolute atomic E-state index is 13.7. The molecule has 17 heavy (non-hydrogen) atoms. The Morgan fingerprint density at radius 2 is 2.06 bits per heavy atom. The van der Waals surface area contributed by atoms with Crippen LogP contribution < -0.4 is 5.73 Å². The molecule has 5 heteroatoms. The van der Waals surface area contributed by atoms with Gasteiger partial charge in [0.1, 0.15) is 11.6 Å². The maximum Gasteiger partial charge on any atom is 0.132 e. The van der Waals surface area contributed by atoms with Gasteiger partial charge in [0.2, 0.25) is 0 Å². The van der Waals surface area contributed by atoms with E-state index in [1.165, 1.54) is 6.07 Å². The summed E-state index contributed by atoms with van der Waals surface area (Å²) in [6, 6.07) is 6.45. The lowest BCUT2D eigenvalue weighted by Crippen LogP contribution is -2.03. The van der Waals surface area contributed by atoms with E-state index in [1.807, 2.05) is 0 Å². The van der Waals surface area contributed by atoms with Crippen molar-refractivity contribution < 1.29 is 4.39 Å². The van der Waals surface area contributed by atoms with Crippen LogP contribution in [0.4, 0.5) is 4.39 Å². The molecular weight excluding hydrogens is 285 g/mol. The summed E-state index contributed by atoms with van der Waals surface area (Å²) in [4.78, 5) is 8.39. The fourth-order valence-electron chi connectivity index (χ4n) is 1.57. The van der Waals surface area contributed by atoms with Crippen LogP contribution in [-0.4, -0.2) is 9.97 Å². The lowest BCUT2D eigenvalue weighted by atomic mass is 10.1. The molecule has 0 radical (unpaired) electrons. The molecule has 0 aliphatic carbocycles. The quantitative estimate of drug-likeness (QED) is 0.927. The number of nitrogens with zero attached hydrogens (tertiary/aromatic N) is 2. The van der Waals surface area contributed by atoms with Crippen molar-refractivity contribution >= 4 is 15.9 Å². The molecular formula is C12H11BrFN3. The molecule has 2 rings (SSSR count). The average Bonchev–Trinajstić information content (AvgIpc) is 2.31. The molecule has 2 aromatic rings. The summed E-state index contributed by atoms with van der Waals surface area (Å²) in [7, 11) is 0. The first-order chi connectivity index (χ1) is 8.10. The number of benzene rings is 1. The van der Waals surface area contributed by atoms with E-state index in [0.717, 1.165) is 4.47 Å². The Bertz CT molecular complexity index is 557. The van der Waals surface area contributed by atoms with Crippen LogP contribution in [0, 0.1) is 12.7 Å². The van der Waals surface area contributed by atoms with Crippen LogP contribution >= 0.6 is 15.9 Å². The average molecular weight is 296 g/mol. The van der Waals surface area contributed by atoms with Crippen molar-refractivity contribution in [2.45, 2.75) is 13.5 Å². The first-order valence-electron chi connectivity index (χ1n) is 5.10. The summed E-state index contributed by atoms with van der Waals surface area (Å²) in [5.74, 6) is 0.275. The van der Waals surface area contributed by atoms with Crippen LogP contribution in [0.15, 0.2) is 28.7 Å². The molecule has 1 heterocycles. The Morgan fingerprint density at radius 1 is 1.29 bits per heavy atom. The molecule has 0 aliphatic rings. The number of halogens is 2. The molecule has 1 aromatic carbocycles. The van der Waals surface area contributed by atoms with Crippen molar-refractivity contribution in [2.24, 2.45) is 5.73 Å². The van der Waals surface area contributed by atoms with Gasteiger partial charge in [-0.25, -0.2) is 14.4 Å². The first kappa shape index (κ1) is 12.1. The highest BCUT2D eigenvalue weighted by Crippen LogP contribution is 2.25. The van der Waals surface area contributed by atoms with E-state index in [2.05, 4.69) is 25.9 Å². The lowest BCUT2D eigenvalue weighted by Gasteiger charge is -2.06. The Balaban J connectivity index is 2.59. The molecule has 0 amide bonds. The third-order valence-corrected chi connectivity index (χ3v) is 2.80. The van der Waals surface area contributed by atoms with Gasteiger partial charge in [0.15, 0.2) is 0 Å². The smallest absolute Gasteiger partial charge is 0.132 e. The normalized spacial score (nSPS) is 10.6. The van der Waals surface area contributed by atoms with Crippen LogP contribution in [-0.2, 0) is 6.54 Å². The second-order valence-corrected chi connectivity index (χ2v) is 4.54. The fourth-order valence-corrected chi connectivity index (χ4v) is 1.93. The summed E-state index contributed by atoms with van der Waals surface area (Å²) in [6.07, 6.45) is 0. The number of rotatable bonds is 2. The zero-order chi connectivity index (χ0) is 12.4. The molecule has 0 fully saturated rings. The topological polar surface area (TPSA) is 51.8 Å². The largest absolute Gasteiger partial charge is 0.325 e. The predicted molar refractivity (Wildman–Crippen MR) is 67.8 cm³/mol. The number of aromatic nitrogens is 2. The second-order valence-electron chi connectivity index (χ2n) is 3.62. The number of hydrogen-bond donors (Lipinski definition) is 1. The zero-order valence-corrected chi connectivity index (χ0v) is 10.8. The summed E-state index contributed by atoms with van der Waals surface area (Å²) in [5, 5.41) is 0. The minimum absolute atomic E-state index is 0.311. The van der Waals surface area contributed by atoms with Crippen molar-refractivity contribution in [1.82, 2.24) is 9.97 Å². The van der Waals surface area contributed by atoms with Gasteiger partial charge in [-0.3, -0.25) is 0 Å². The number of hydrogen-bond acceptors (Lipinski definition) is 3.